The quantitative estimate of drug-likeness (QED) is 0.0725. The predicted molar refractivity (Wildman–Crippen MR) is 246 cm³/mol. The van der Waals surface area contributed by atoms with Crippen LogP contribution in [0.5, 0.6) is 0 Å². The molecule has 328 valence electrons. The highest BCUT2D eigenvalue weighted by Crippen LogP contribution is 2.36. The molecule has 4 N–H and O–H groups in total. The third kappa shape index (κ3) is 10.3. The third-order valence-electron chi connectivity index (χ3n) is 11.4. The normalized spacial score (nSPS) is 14.2. The van der Waals surface area contributed by atoms with Crippen molar-refractivity contribution in [1.29, 1.82) is 0 Å². The van der Waals surface area contributed by atoms with Gasteiger partial charge < -0.3 is 20.8 Å². The number of aromatic nitrogens is 8. The molecular formula is C48H55ClN10O4. The molecule has 9 rings (SSSR count). The van der Waals surface area contributed by atoms with Crippen LogP contribution in [0, 0.1) is 25.7 Å². The highest BCUT2D eigenvalue weighted by Gasteiger charge is 2.27. The van der Waals surface area contributed by atoms with Crippen molar-refractivity contribution in [2.75, 3.05) is 23.7 Å². The summed E-state index contributed by atoms with van der Waals surface area (Å²) in [5.74, 6) is 1.57. The number of ketones is 2. The number of Topliss-reactive ketones (excluding diaryl/α,β-unsaturated/α-hetero) is 2. The molecule has 2 aliphatic rings. The van der Waals surface area contributed by atoms with Gasteiger partial charge in [0.2, 0.25) is 0 Å². The largest absolute Gasteiger partial charge is 0.389 e. The van der Waals surface area contributed by atoms with Crippen LogP contribution in [0.15, 0.2) is 73.2 Å². The van der Waals surface area contributed by atoms with Crippen LogP contribution >= 0.6 is 11.6 Å². The first-order valence-corrected chi connectivity index (χ1v) is 21.9. The van der Waals surface area contributed by atoms with Gasteiger partial charge in [-0.2, -0.15) is 15.3 Å². The fraction of sp³-hybridized carbons (Fsp3) is 0.396. The molecule has 5 heterocycles. The van der Waals surface area contributed by atoms with Gasteiger partial charge in [0.15, 0.2) is 28.0 Å². The Labute approximate surface area is 371 Å². The van der Waals surface area contributed by atoms with E-state index in [1.165, 1.54) is 25.7 Å². The Morgan fingerprint density at radius 3 is 1.60 bits per heavy atom. The van der Waals surface area contributed by atoms with Crippen LogP contribution in [0.1, 0.15) is 98.1 Å². The van der Waals surface area contributed by atoms with Gasteiger partial charge in [0.05, 0.1) is 52.1 Å². The zero-order valence-corrected chi connectivity index (χ0v) is 37.7. The van der Waals surface area contributed by atoms with Gasteiger partial charge >= 0.3 is 0 Å². The third-order valence-corrected chi connectivity index (χ3v) is 11.6. The SMILES string of the molecule is Cc1cc(-c2cnc3c(NCC(C)(C)O)cc(-c4ccnn4C)nn23)ccc1C(=O)CC1CC1.Cc1cc(-c2cnc3c(NCC(C)(C)O)cc(Cl)nn23)ccc1C(=O)CC1CC1. The van der Waals surface area contributed by atoms with Crippen molar-refractivity contribution in [1.82, 2.24) is 39.0 Å². The molecule has 2 saturated carbocycles. The van der Waals surface area contributed by atoms with E-state index in [-0.39, 0.29) is 11.6 Å². The second kappa shape index (κ2) is 17.3. The number of halogens is 1. The lowest BCUT2D eigenvalue weighted by Gasteiger charge is -2.19. The van der Waals surface area contributed by atoms with E-state index in [0.717, 1.165) is 61.8 Å². The van der Waals surface area contributed by atoms with Crippen molar-refractivity contribution in [3.05, 3.63) is 101 Å². The van der Waals surface area contributed by atoms with Gasteiger partial charge in [0.25, 0.3) is 0 Å². The zero-order valence-electron chi connectivity index (χ0n) is 36.9. The summed E-state index contributed by atoms with van der Waals surface area (Å²) >= 11 is 6.24. The molecule has 0 unspecified atom stereocenters. The summed E-state index contributed by atoms with van der Waals surface area (Å²) in [6.45, 7) is 11.6. The van der Waals surface area contributed by atoms with E-state index >= 15 is 0 Å². The summed E-state index contributed by atoms with van der Waals surface area (Å²) in [6.07, 6.45) is 11.2. The van der Waals surface area contributed by atoms with Gasteiger partial charge in [0.1, 0.15) is 5.69 Å². The molecular weight excluding hydrogens is 816 g/mol. The van der Waals surface area contributed by atoms with Crippen molar-refractivity contribution in [3.8, 4) is 33.9 Å². The number of hydrogen-bond donors (Lipinski definition) is 4. The number of fused-ring (bicyclic) bond motifs is 2. The van der Waals surface area contributed by atoms with Crippen LogP contribution < -0.4 is 10.6 Å². The maximum absolute atomic E-state index is 12.7. The first-order valence-electron chi connectivity index (χ1n) is 21.5. The molecule has 0 spiro atoms. The maximum Gasteiger partial charge on any atom is 0.177 e. The van der Waals surface area contributed by atoms with Crippen LogP contribution in [-0.2, 0) is 7.05 Å². The van der Waals surface area contributed by atoms with Gasteiger partial charge in [-0.05, 0) is 114 Å². The van der Waals surface area contributed by atoms with Crippen molar-refractivity contribution < 1.29 is 19.8 Å². The molecule has 2 aliphatic carbocycles. The Morgan fingerprint density at radius 2 is 1.17 bits per heavy atom. The van der Waals surface area contributed by atoms with Crippen molar-refractivity contribution in [3.63, 3.8) is 0 Å². The predicted octanol–water partition coefficient (Wildman–Crippen LogP) is 8.79. The molecule has 0 saturated heterocycles. The summed E-state index contributed by atoms with van der Waals surface area (Å²) in [4.78, 5) is 34.3. The van der Waals surface area contributed by atoms with E-state index in [1.807, 2.05) is 73.9 Å². The molecule has 5 aromatic heterocycles. The number of hydrogen-bond acceptors (Lipinski definition) is 11. The summed E-state index contributed by atoms with van der Waals surface area (Å²) in [5, 5.41) is 40.6. The minimum atomic E-state index is -0.887. The van der Waals surface area contributed by atoms with Crippen LogP contribution in [0.4, 0.5) is 11.4 Å². The number of aryl methyl sites for hydroxylation is 3. The van der Waals surface area contributed by atoms with E-state index in [4.69, 9.17) is 16.7 Å². The fourth-order valence-corrected chi connectivity index (χ4v) is 7.78. The van der Waals surface area contributed by atoms with E-state index in [9.17, 15) is 19.8 Å². The summed E-state index contributed by atoms with van der Waals surface area (Å²) in [5.41, 5.74) is 9.56. The molecule has 7 aromatic rings. The Balaban J connectivity index is 0.000000175. The van der Waals surface area contributed by atoms with Gasteiger partial charge in [0, 0.05) is 67.5 Å². The van der Waals surface area contributed by atoms with Gasteiger partial charge in [-0.3, -0.25) is 14.3 Å². The highest BCUT2D eigenvalue weighted by molar-refractivity contribution is 6.29. The molecule has 0 bridgehead atoms. The van der Waals surface area contributed by atoms with Gasteiger partial charge in [-0.25, -0.2) is 19.0 Å². The second-order valence-corrected chi connectivity index (χ2v) is 18.8. The minimum absolute atomic E-state index is 0.217. The van der Waals surface area contributed by atoms with Gasteiger partial charge in [-0.1, -0.05) is 35.9 Å². The molecule has 0 amide bonds. The number of anilines is 2. The number of imidazole rings is 2. The second-order valence-electron chi connectivity index (χ2n) is 18.5. The Kier molecular flexibility index (Phi) is 12.0. The van der Waals surface area contributed by atoms with Crippen LogP contribution in [0.3, 0.4) is 0 Å². The highest BCUT2D eigenvalue weighted by atomic mass is 35.5. The molecule has 2 aromatic carbocycles. The first-order chi connectivity index (χ1) is 29.9. The monoisotopic (exact) mass is 870 g/mol. The maximum atomic E-state index is 12.7. The van der Waals surface area contributed by atoms with Crippen molar-refractivity contribution in [2.24, 2.45) is 18.9 Å². The molecule has 63 heavy (non-hydrogen) atoms. The number of carbonyl (C=O) groups is 2. The number of benzene rings is 2. The Hall–Kier alpha value is -5.96. The van der Waals surface area contributed by atoms with E-state index < -0.39 is 11.2 Å². The average molecular weight is 871 g/mol. The number of rotatable bonds is 15. The number of nitrogens with one attached hydrogen (secondary N) is 2. The standard InChI is InChI=1S/C26H30N6O2.C22H25ClN4O2/c1-16-11-18(7-8-19(16)24(33)12-17-5-6-17)23-14-27-25-21(28-15-26(2,3)34)13-20(30-32(23)25)22-9-10-29-31(22)4;1-13-8-15(6-7-16(13)19(28)9-14-4-5-14)18-11-24-21-17(25-12-22(2,3)29)10-20(23)26-27(18)21/h7-11,13-14,17,28,34H,5-6,12,15H2,1-4H3;6-8,10-11,14,25,29H,4-5,9,12H2,1-3H3. The molecule has 15 heteroatoms. The summed E-state index contributed by atoms with van der Waals surface area (Å²) in [6, 6.07) is 17.3. The Morgan fingerprint density at radius 1 is 0.698 bits per heavy atom. The average Bonchev–Trinajstić information content (AvgIpc) is 4.07. The lowest BCUT2D eigenvalue weighted by atomic mass is 9.98. The zero-order chi connectivity index (χ0) is 44.8. The topological polar surface area (TPSA) is 177 Å². The van der Waals surface area contributed by atoms with Crippen molar-refractivity contribution >= 4 is 45.8 Å². The minimum Gasteiger partial charge on any atom is -0.389 e. The fourth-order valence-electron chi connectivity index (χ4n) is 7.59. The molecule has 14 nitrogen and oxygen atoms in total. The molecule has 0 radical (unpaired) electrons. The van der Waals surface area contributed by atoms with Crippen LogP contribution in [-0.4, -0.2) is 85.0 Å². The number of carbonyl (C=O) groups excluding carboxylic acids is 2. The van der Waals surface area contributed by atoms with Crippen LogP contribution in [0.2, 0.25) is 5.15 Å². The van der Waals surface area contributed by atoms with Crippen molar-refractivity contribution in [2.45, 2.75) is 91.3 Å². The molecule has 0 atom stereocenters. The first kappa shape index (κ1) is 43.7. The summed E-state index contributed by atoms with van der Waals surface area (Å²) < 4.78 is 5.28. The smallest absolute Gasteiger partial charge is 0.177 e. The number of aliphatic hydroxyl groups is 2. The Bertz CT molecular complexity index is 2840. The lowest BCUT2D eigenvalue weighted by molar-refractivity contribution is 0.0939. The summed E-state index contributed by atoms with van der Waals surface area (Å²) in [7, 11) is 1.88. The van der Waals surface area contributed by atoms with Gasteiger partial charge in [-0.15, -0.1) is 0 Å². The van der Waals surface area contributed by atoms with E-state index in [1.54, 1.807) is 61.5 Å². The number of nitrogens with zero attached hydrogens (tertiary/aromatic N) is 8. The van der Waals surface area contributed by atoms with E-state index in [0.29, 0.717) is 59.9 Å². The van der Waals surface area contributed by atoms with E-state index in [2.05, 4.69) is 30.8 Å². The molecule has 0 aliphatic heterocycles. The van der Waals surface area contributed by atoms with Crippen LogP contribution in [0.25, 0.3) is 45.2 Å². The molecule has 2 fully saturated rings. The lowest BCUT2D eigenvalue weighted by Crippen LogP contribution is -2.29.